The monoisotopic (exact) mass is 346 g/mol. The van der Waals surface area contributed by atoms with Gasteiger partial charge in [0.05, 0.1) is 0 Å². The average Bonchev–Trinajstić information content (AvgIpc) is 2.68. The Labute approximate surface area is 153 Å². The van der Waals surface area contributed by atoms with E-state index in [1.54, 1.807) is 24.1 Å². The molecule has 0 aliphatic rings. The summed E-state index contributed by atoms with van der Waals surface area (Å²) in [5, 5.41) is 5.14. The first-order valence-corrected chi connectivity index (χ1v) is 8.68. The lowest BCUT2D eigenvalue weighted by molar-refractivity contribution is -0.130. The van der Waals surface area contributed by atoms with Crippen molar-refractivity contribution in [1.82, 2.24) is 10.2 Å². The Morgan fingerprint density at radius 3 is 2.35 bits per heavy atom. The first-order chi connectivity index (χ1) is 12.6. The molecule has 132 valence electrons. The smallest absolute Gasteiger partial charge is 0.251 e. The summed E-state index contributed by atoms with van der Waals surface area (Å²) in [4.78, 5) is 26.0. The summed E-state index contributed by atoms with van der Waals surface area (Å²) in [6.45, 7) is 0.880. The van der Waals surface area contributed by atoms with Crippen molar-refractivity contribution < 1.29 is 9.59 Å². The zero-order chi connectivity index (χ0) is 18.4. The molecule has 4 heteroatoms. The second-order valence-electron chi connectivity index (χ2n) is 6.30. The van der Waals surface area contributed by atoms with E-state index < -0.39 is 0 Å². The van der Waals surface area contributed by atoms with Gasteiger partial charge in [-0.2, -0.15) is 0 Å². The molecule has 3 aromatic carbocycles. The number of amides is 2. The van der Waals surface area contributed by atoms with E-state index in [0.29, 0.717) is 18.7 Å². The Hall–Kier alpha value is -3.14. The maximum Gasteiger partial charge on any atom is 0.251 e. The molecule has 0 unspecified atom stereocenters. The highest BCUT2D eigenvalue weighted by molar-refractivity contribution is 5.94. The molecule has 0 fully saturated rings. The quantitative estimate of drug-likeness (QED) is 0.741. The summed E-state index contributed by atoms with van der Waals surface area (Å²) in [7, 11) is 1.79. The van der Waals surface area contributed by atoms with Gasteiger partial charge in [0.15, 0.2) is 0 Å². The van der Waals surface area contributed by atoms with Gasteiger partial charge < -0.3 is 10.2 Å². The summed E-state index contributed by atoms with van der Waals surface area (Å²) in [6.07, 6.45) is 0.280. The molecule has 4 nitrogen and oxygen atoms in total. The maximum absolute atomic E-state index is 12.3. The molecule has 0 bridgehead atoms. The van der Waals surface area contributed by atoms with Crippen LogP contribution < -0.4 is 5.32 Å². The van der Waals surface area contributed by atoms with E-state index in [-0.39, 0.29) is 18.2 Å². The zero-order valence-corrected chi connectivity index (χ0v) is 14.8. The fourth-order valence-electron chi connectivity index (χ4n) is 2.86. The third-order valence-corrected chi connectivity index (χ3v) is 4.32. The Morgan fingerprint density at radius 1 is 0.885 bits per heavy atom. The van der Waals surface area contributed by atoms with Crippen LogP contribution in [0.1, 0.15) is 22.3 Å². The van der Waals surface area contributed by atoms with Gasteiger partial charge in [-0.05, 0) is 34.5 Å². The van der Waals surface area contributed by atoms with Crippen molar-refractivity contribution in [3.05, 3.63) is 83.9 Å². The molecule has 2 amide bonds. The molecule has 26 heavy (non-hydrogen) atoms. The van der Waals surface area contributed by atoms with E-state index in [1.807, 2.05) is 36.4 Å². The molecule has 0 aromatic heterocycles. The van der Waals surface area contributed by atoms with Crippen LogP contribution in [0, 0.1) is 0 Å². The molecular formula is C22H22N2O2. The van der Waals surface area contributed by atoms with Crippen molar-refractivity contribution in [3.63, 3.8) is 0 Å². The molecular weight excluding hydrogens is 324 g/mol. The van der Waals surface area contributed by atoms with Crippen molar-refractivity contribution >= 4 is 22.6 Å². The van der Waals surface area contributed by atoms with Crippen LogP contribution in [0.5, 0.6) is 0 Å². The molecule has 0 spiro atoms. The van der Waals surface area contributed by atoms with Gasteiger partial charge in [-0.15, -0.1) is 0 Å². The van der Waals surface area contributed by atoms with Crippen molar-refractivity contribution in [3.8, 4) is 0 Å². The van der Waals surface area contributed by atoms with Gasteiger partial charge in [-0.1, -0.05) is 54.6 Å². The largest absolute Gasteiger partial charge is 0.352 e. The number of nitrogens with zero attached hydrogens (tertiary/aromatic N) is 1. The van der Waals surface area contributed by atoms with Crippen LogP contribution >= 0.6 is 0 Å². The normalized spacial score (nSPS) is 10.5. The first-order valence-electron chi connectivity index (χ1n) is 8.68. The second-order valence-corrected chi connectivity index (χ2v) is 6.30. The molecule has 0 heterocycles. The minimum Gasteiger partial charge on any atom is -0.352 e. The number of hydrogen-bond donors (Lipinski definition) is 1. The summed E-state index contributed by atoms with van der Waals surface area (Å²) in [5.74, 6) is -0.151. The van der Waals surface area contributed by atoms with Crippen LogP contribution in [-0.4, -0.2) is 30.3 Å². The molecule has 1 N–H and O–H groups in total. The van der Waals surface area contributed by atoms with E-state index in [1.165, 1.54) is 10.8 Å². The Balaban J connectivity index is 1.50. The number of benzene rings is 3. The maximum atomic E-state index is 12.3. The molecule has 0 radical (unpaired) electrons. The van der Waals surface area contributed by atoms with Crippen LogP contribution in [0.25, 0.3) is 10.8 Å². The van der Waals surface area contributed by atoms with Crippen molar-refractivity contribution in [1.29, 1.82) is 0 Å². The third-order valence-electron chi connectivity index (χ3n) is 4.32. The minimum atomic E-state index is -0.157. The van der Waals surface area contributed by atoms with E-state index in [4.69, 9.17) is 0 Å². The molecule has 0 saturated heterocycles. The third kappa shape index (κ3) is 4.48. The van der Waals surface area contributed by atoms with Crippen molar-refractivity contribution in [2.45, 2.75) is 13.0 Å². The lowest BCUT2D eigenvalue weighted by Gasteiger charge is -2.18. The number of nitrogens with one attached hydrogen (secondary N) is 1. The highest BCUT2D eigenvalue weighted by atomic mass is 16.2. The number of carbonyl (C=O) groups excluding carboxylic acids is 2. The second kappa shape index (κ2) is 8.30. The van der Waals surface area contributed by atoms with Crippen LogP contribution in [0.2, 0.25) is 0 Å². The number of carbonyl (C=O) groups is 2. The Bertz CT molecular complexity index is 906. The Morgan fingerprint density at radius 2 is 1.58 bits per heavy atom. The SMILES string of the molecule is CN(Cc1ccc2ccccc2c1)C(=O)CCNC(=O)c1ccccc1. The highest BCUT2D eigenvalue weighted by Crippen LogP contribution is 2.16. The molecule has 0 aliphatic carbocycles. The van der Waals surface area contributed by atoms with Gasteiger partial charge >= 0.3 is 0 Å². The predicted octanol–water partition coefficient (Wildman–Crippen LogP) is 3.62. The van der Waals surface area contributed by atoms with Crippen LogP contribution in [0.4, 0.5) is 0 Å². The summed E-state index contributed by atoms with van der Waals surface area (Å²) >= 11 is 0. The van der Waals surface area contributed by atoms with Crippen molar-refractivity contribution in [2.75, 3.05) is 13.6 Å². The number of fused-ring (bicyclic) bond motifs is 1. The summed E-state index contributed by atoms with van der Waals surface area (Å²) in [6, 6.07) is 23.4. The summed E-state index contributed by atoms with van der Waals surface area (Å²) < 4.78 is 0. The van der Waals surface area contributed by atoms with Gasteiger partial charge in [-0.3, -0.25) is 9.59 Å². The van der Waals surface area contributed by atoms with Gasteiger partial charge in [-0.25, -0.2) is 0 Å². The van der Waals surface area contributed by atoms with E-state index in [0.717, 1.165) is 5.56 Å². The van der Waals surface area contributed by atoms with Gasteiger partial charge in [0, 0.05) is 32.1 Å². The van der Waals surface area contributed by atoms with Gasteiger partial charge in [0.2, 0.25) is 5.91 Å². The minimum absolute atomic E-state index is 0.00604. The highest BCUT2D eigenvalue weighted by Gasteiger charge is 2.11. The number of hydrogen-bond acceptors (Lipinski definition) is 2. The standard InChI is InChI=1S/C22H22N2O2/c1-24(16-17-11-12-18-7-5-6-10-20(18)15-17)21(25)13-14-23-22(26)19-8-3-2-4-9-19/h2-12,15H,13-14,16H2,1H3,(H,23,26). The molecule has 3 aromatic rings. The first kappa shape index (κ1) is 17.7. The molecule has 0 atom stereocenters. The van der Waals surface area contributed by atoms with Crippen LogP contribution in [-0.2, 0) is 11.3 Å². The molecule has 0 aliphatic heterocycles. The topological polar surface area (TPSA) is 49.4 Å². The molecule has 0 saturated carbocycles. The van der Waals surface area contributed by atoms with E-state index in [9.17, 15) is 9.59 Å². The number of rotatable bonds is 6. The lowest BCUT2D eigenvalue weighted by atomic mass is 10.1. The van der Waals surface area contributed by atoms with Gasteiger partial charge in [0.25, 0.3) is 5.91 Å². The van der Waals surface area contributed by atoms with Gasteiger partial charge in [0.1, 0.15) is 0 Å². The van der Waals surface area contributed by atoms with Crippen molar-refractivity contribution in [2.24, 2.45) is 0 Å². The summed E-state index contributed by atoms with van der Waals surface area (Å²) in [5.41, 5.74) is 1.69. The van der Waals surface area contributed by atoms with E-state index >= 15 is 0 Å². The lowest BCUT2D eigenvalue weighted by Crippen LogP contribution is -2.31. The Kier molecular flexibility index (Phi) is 5.64. The van der Waals surface area contributed by atoms with Crippen LogP contribution in [0.3, 0.4) is 0 Å². The van der Waals surface area contributed by atoms with E-state index in [2.05, 4.69) is 29.6 Å². The van der Waals surface area contributed by atoms with Crippen LogP contribution in [0.15, 0.2) is 72.8 Å². The average molecular weight is 346 g/mol. The molecule has 3 rings (SSSR count). The predicted molar refractivity (Wildman–Crippen MR) is 104 cm³/mol. The fourth-order valence-corrected chi connectivity index (χ4v) is 2.86. The fraction of sp³-hybridized carbons (Fsp3) is 0.182. The zero-order valence-electron chi connectivity index (χ0n) is 14.8.